The van der Waals surface area contributed by atoms with Gasteiger partial charge < -0.3 is 24.1 Å². The molecular weight excluding hydrogens is 708 g/mol. The molecule has 3 fully saturated rings. The smallest absolute Gasteiger partial charge is 0.328 e. The van der Waals surface area contributed by atoms with Crippen molar-refractivity contribution >= 4 is 46.5 Å². The van der Waals surface area contributed by atoms with Gasteiger partial charge in [-0.05, 0) is 73.7 Å². The van der Waals surface area contributed by atoms with Crippen molar-refractivity contribution < 1.29 is 43.2 Å². The van der Waals surface area contributed by atoms with Gasteiger partial charge in [-0.2, -0.15) is 0 Å². The fourth-order valence-corrected chi connectivity index (χ4v) is 8.49. The van der Waals surface area contributed by atoms with Crippen molar-refractivity contribution in [3.63, 3.8) is 0 Å². The van der Waals surface area contributed by atoms with Gasteiger partial charge in [-0.25, -0.2) is 9.18 Å². The van der Waals surface area contributed by atoms with E-state index < -0.39 is 29.7 Å². The Morgan fingerprint density at radius 1 is 1.06 bits per heavy atom. The topological polar surface area (TPSA) is 124 Å². The van der Waals surface area contributed by atoms with Crippen LogP contribution >= 0.6 is 34.5 Å². The Hall–Kier alpha value is -3.94. The number of nitrogens with one attached hydrogen (secondary N) is 1. The highest BCUT2D eigenvalue weighted by atomic mass is 35.5. The van der Waals surface area contributed by atoms with Gasteiger partial charge in [0.15, 0.2) is 11.5 Å². The van der Waals surface area contributed by atoms with Crippen molar-refractivity contribution in [1.82, 2.24) is 10.2 Å². The Morgan fingerprint density at radius 3 is 2.38 bits per heavy atom. The molecular formula is C36H36Cl2FN3O7S. The van der Waals surface area contributed by atoms with Gasteiger partial charge in [-0.15, -0.1) is 11.3 Å². The molecule has 3 aliphatic heterocycles. The number of thiophene rings is 1. The minimum atomic E-state index is -1.40. The van der Waals surface area contributed by atoms with Gasteiger partial charge in [-0.1, -0.05) is 47.5 Å². The van der Waals surface area contributed by atoms with Crippen LogP contribution in [0.15, 0.2) is 60.9 Å². The first-order valence-corrected chi connectivity index (χ1v) is 17.7. The number of nitrogens with zero attached hydrogens (tertiary/aromatic N) is 2. The summed E-state index contributed by atoms with van der Waals surface area (Å²) >= 11 is 14.0. The summed E-state index contributed by atoms with van der Waals surface area (Å²) in [5.41, 5.74) is 1.68. The number of halogens is 3. The number of carbonyl (C=O) groups is 2. The highest BCUT2D eigenvalue weighted by Gasteiger charge is 2.38. The molecule has 2 bridgehead atoms. The van der Waals surface area contributed by atoms with E-state index in [0.717, 1.165) is 42.0 Å². The lowest BCUT2D eigenvalue weighted by Crippen LogP contribution is -2.52. The summed E-state index contributed by atoms with van der Waals surface area (Å²) in [5, 5.41) is 26.1. The second-order valence-electron chi connectivity index (χ2n) is 12.4. The number of carboxylic acid groups (broad SMARTS) is 1. The third kappa shape index (κ3) is 7.69. The second-order valence-corrected chi connectivity index (χ2v) is 14.4. The van der Waals surface area contributed by atoms with Crippen molar-refractivity contribution in [1.29, 1.82) is 0 Å². The van der Waals surface area contributed by atoms with Crippen molar-refractivity contribution in [2.45, 2.75) is 43.9 Å². The van der Waals surface area contributed by atoms with Crippen LogP contribution in [0.2, 0.25) is 10.0 Å². The number of aromatic carboxylic acids is 1. The molecule has 50 heavy (non-hydrogen) atoms. The lowest BCUT2D eigenvalue weighted by molar-refractivity contribution is -0.904. The largest absolute Gasteiger partial charge is 0.544 e. The van der Waals surface area contributed by atoms with Gasteiger partial charge in [0.05, 0.1) is 25.1 Å². The molecule has 2 aromatic heterocycles. The number of benzene rings is 2. The monoisotopic (exact) mass is 743 g/mol. The van der Waals surface area contributed by atoms with E-state index in [0.29, 0.717) is 39.6 Å². The number of aromatic nitrogens is 1. The average molecular weight is 745 g/mol. The number of pyridine rings is 1. The molecule has 0 saturated carbocycles. The van der Waals surface area contributed by atoms with Crippen LogP contribution in [0.1, 0.15) is 61.6 Å². The molecule has 1 unspecified atom stereocenters. The molecule has 2 aromatic carbocycles. The summed E-state index contributed by atoms with van der Waals surface area (Å²) in [6, 6.07) is 11.8. The van der Waals surface area contributed by atoms with Crippen LogP contribution in [-0.2, 0) is 22.5 Å². The fourth-order valence-electron chi connectivity index (χ4n) is 6.87. The molecule has 14 heteroatoms. The molecule has 0 radical (unpaired) electrons. The van der Waals surface area contributed by atoms with Crippen molar-refractivity contribution in [2.24, 2.45) is 5.92 Å². The minimum Gasteiger partial charge on any atom is -0.544 e. The number of carboxylic acids is 1. The Labute approximate surface area is 302 Å². The van der Waals surface area contributed by atoms with E-state index >= 15 is 4.39 Å². The number of ether oxygens (including phenoxy) is 3. The highest BCUT2D eigenvalue weighted by Crippen LogP contribution is 2.41. The van der Waals surface area contributed by atoms with Gasteiger partial charge in [0, 0.05) is 39.7 Å². The van der Waals surface area contributed by atoms with E-state index in [4.69, 9.17) is 37.4 Å². The number of hydrogen-bond acceptors (Lipinski definition) is 10. The van der Waals surface area contributed by atoms with Gasteiger partial charge in [0.2, 0.25) is 12.4 Å². The number of esters is 1. The van der Waals surface area contributed by atoms with Crippen molar-refractivity contribution in [3.8, 4) is 11.5 Å². The second kappa shape index (κ2) is 15.5. The molecule has 0 spiro atoms. The van der Waals surface area contributed by atoms with Crippen LogP contribution in [-0.4, -0.2) is 62.0 Å². The summed E-state index contributed by atoms with van der Waals surface area (Å²) in [5.74, 6) is -2.02. The SMILES string of the molecule is COc1ccc([C@H](Cc2c(Cl)c[n+](O)cc2Cl)c2cc(CNC(C(=O)O[C@H]3CN4CCC3CC4)c3ccccc3F)sc2C(=O)[O-])cc1OC. The Morgan fingerprint density at radius 2 is 1.76 bits per heavy atom. The van der Waals surface area contributed by atoms with Crippen LogP contribution in [0.3, 0.4) is 0 Å². The maximum atomic E-state index is 15.1. The molecule has 7 rings (SSSR count). The third-order valence-corrected chi connectivity index (χ3v) is 11.2. The van der Waals surface area contributed by atoms with E-state index in [1.165, 1.54) is 38.7 Å². The molecule has 4 aromatic rings. The molecule has 0 amide bonds. The maximum Gasteiger partial charge on any atom is 0.328 e. The number of piperidine rings is 3. The number of rotatable bonds is 13. The predicted octanol–water partition coefficient (Wildman–Crippen LogP) is 4.94. The van der Waals surface area contributed by atoms with Crippen LogP contribution in [0.5, 0.6) is 11.5 Å². The van der Waals surface area contributed by atoms with Gasteiger partial charge in [0.1, 0.15) is 28.0 Å². The number of fused-ring (bicyclic) bond motifs is 3. The van der Waals surface area contributed by atoms with Crippen LogP contribution in [0.4, 0.5) is 4.39 Å². The Bertz CT molecular complexity index is 1860. The van der Waals surface area contributed by atoms with Gasteiger partial charge in [-0.3, -0.25) is 15.4 Å². The molecule has 3 saturated heterocycles. The molecule has 0 aliphatic carbocycles. The standard InChI is InChI=1S/C36H36Cl2FN3O7S/c1-47-30-8-7-21(13-31(30)48-2)24(15-26-27(37)17-42(46)18-28(26)38)25-14-22(50-34(25)35(43)44)16-40-33(23-5-3-4-6-29(23)39)36(45)49-32-19-41-11-9-20(32)10-12-41/h3-8,13-14,17-18,20,24,32-33,40H,9-12,15-16,19H2,1-2H3,(H-,43,44,46)/t24-,32-,33?/m0/s1. The molecule has 5 heterocycles. The third-order valence-electron chi connectivity index (χ3n) is 9.45. The average Bonchev–Trinajstić information content (AvgIpc) is 3.53. The summed E-state index contributed by atoms with van der Waals surface area (Å²) in [7, 11) is 3.01. The zero-order chi connectivity index (χ0) is 35.5. The van der Waals surface area contributed by atoms with Crippen LogP contribution in [0.25, 0.3) is 0 Å². The molecule has 2 N–H and O–H groups in total. The summed E-state index contributed by atoms with van der Waals surface area (Å²) in [4.78, 5) is 29.1. The van der Waals surface area contributed by atoms with E-state index in [1.54, 1.807) is 36.4 Å². The highest BCUT2D eigenvalue weighted by molar-refractivity contribution is 7.14. The quantitative estimate of drug-likeness (QED) is 0.111. The summed E-state index contributed by atoms with van der Waals surface area (Å²) in [6.45, 7) is 2.62. The summed E-state index contributed by atoms with van der Waals surface area (Å²) in [6.07, 6.45) is 4.32. The fraction of sp³-hybridized carbons (Fsp3) is 0.361. The van der Waals surface area contributed by atoms with Crippen molar-refractivity contribution in [2.75, 3.05) is 33.9 Å². The molecule has 10 nitrogen and oxygen atoms in total. The zero-order valence-electron chi connectivity index (χ0n) is 27.4. The number of hydrogen-bond donors (Lipinski definition) is 2. The first-order valence-electron chi connectivity index (χ1n) is 16.1. The van der Waals surface area contributed by atoms with Gasteiger partial charge in [0.25, 0.3) is 0 Å². The van der Waals surface area contributed by atoms with E-state index in [1.807, 2.05) is 0 Å². The zero-order valence-corrected chi connectivity index (χ0v) is 29.7. The predicted molar refractivity (Wildman–Crippen MR) is 183 cm³/mol. The normalized spacial score (nSPS) is 19.5. The first kappa shape index (κ1) is 35.9. The van der Waals surface area contributed by atoms with Crippen molar-refractivity contribution in [3.05, 3.63) is 109 Å². The number of carbonyl (C=O) groups excluding carboxylic acids is 2. The van der Waals surface area contributed by atoms with Gasteiger partial charge >= 0.3 is 5.97 Å². The lowest BCUT2D eigenvalue weighted by atomic mass is 9.85. The maximum absolute atomic E-state index is 15.1. The lowest BCUT2D eigenvalue weighted by Gasteiger charge is -2.44. The van der Waals surface area contributed by atoms with Crippen LogP contribution in [0, 0.1) is 11.7 Å². The summed E-state index contributed by atoms with van der Waals surface area (Å²) < 4.78 is 32.9. The molecule has 3 atom stereocenters. The van der Waals surface area contributed by atoms with E-state index in [2.05, 4.69) is 10.2 Å². The molecule has 3 aliphatic rings. The van der Waals surface area contributed by atoms with E-state index in [-0.39, 0.29) is 45.5 Å². The minimum absolute atomic E-state index is 0.0231. The number of methoxy groups -OCH3 is 2. The first-order chi connectivity index (χ1) is 24.1. The Kier molecular flexibility index (Phi) is 11.1. The van der Waals surface area contributed by atoms with E-state index in [9.17, 15) is 19.9 Å². The Balaban J connectivity index is 1.34. The molecule has 264 valence electrons. The van der Waals surface area contributed by atoms with Crippen LogP contribution < -0.4 is 24.6 Å².